The molecule has 2 amide bonds. The second-order valence-corrected chi connectivity index (χ2v) is 8.32. The predicted octanol–water partition coefficient (Wildman–Crippen LogP) is 1.25. The van der Waals surface area contributed by atoms with Crippen molar-refractivity contribution < 1.29 is 23.5 Å². The van der Waals surface area contributed by atoms with Crippen molar-refractivity contribution in [2.45, 2.75) is 59.5 Å². The number of aromatic nitrogens is 2. The van der Waals surface area contributed by atoms with E-state index in [0.717, 1.165) is 4.90 Å². The molecule has 0 bridgehead atoms. The minimum atomic E-state index is -1.04. The molecule has 2 aromatic rings. The number of hydrogen-bond acceptors (Lipinski definition) is 8. The third-order valence-corrected chi connectivity index (χ3v) is 5.26. The lowest BCUT2D eigenvalue weighted by molar-refractivity contribution is -0.150. The van der Waals surface area contributed by atoms with Gasteiger partial charge in [-0.3, -0.25) is 23.9 Å². The van der Waals surface area contributed by atoms with Gasteiger partial charge in [-0.05, 0) is 30.9 Å². The minimum absolute atomic E-state index is 0.0298. The first-order valence-corrected chi connectivity index (χ1v) is 11.6. The van der Waals surface area contributed by atoms with E-state index in [1.54, 1.807) is 13.8 Å². The van der Waals surface area contributed by atoms with E-state index < -0.39 is 41.7 Å². The van der Waals surface area contributed by atoms with E-state index in [9.17, 15) is 24.0 Å². The highest BCUT2D eigenvalue weighted by Crippen LogP contribution is 2.18. The number of hydrogen-bond donors (Lipinski definition) is 3. The number of rotatable bonds is 12. The van der Waals surface area contributed by atoms with Crippen LogP contribution >= 0.6 is 0 Å². The maximum Gasteiger partial charge on any atom is 0.330 e. The minimum Gasteiger partial charge on any atom is -0.459 e. The standard InChI is InChI=1S/C23H33N5O7/c1-5-7-11-27(18-19(24)28(10-6-2)23(33)26-21(18)31)16(29)13-35-22(32)17(14(3)4)25-20(30)15-9-8-12-34-15/h8-9,12,14,17H,5-7,10-11,13,24H2,1-4H3,(H,25,30)(H,26,31,33)/t17-/m0/s1. The van der Waals surface area contributed by atoms with Crippen molar-refractivity contribution in [3.8, 4) is 0 Å². The number of unbranched alkanes of at least 4 members (excludes halogenated alkanes) is 1. The van der Waals surface area contributed by atoms with Crippen molar-refractivity contribution in [3.63, 3.8) is 0 Å². The van der Waals surface area contributed by atoms with Gasteiger partial charge < -0.3 is 25.1 Å². The van der Waals surface area contributed by atoms with Gasteiger partial charge in [0.05, 0.1) is 6.26 Å². The number of nitrogen functional groups attached to an aromatic ring is 1. The van der Waals surface area contributed by atoms with Crippen molar-refractivity contribution in [1.82, 2.24) is 14.9 Å². The average molecular weight is 492 g/mol. The Morgan fingerprint density at radius 3 is 2.51 bits per heavy atom. The summed E-state index contributed by atoms with van der Waals surface area (Å²) in [4.78, 5) is 66.1. The van der Waals surface area contributed by atoms with Crippen LogP contribution in [0, 0.1) is 5.92 Å². The van der Waals surface area contributed by atoms with E-state index >= 15 is 0 Å². The highest BCUT2D eigenvalue weighted by Gasteiger charge is 2.29. The van der Waals surface area contributed by atoms with Gasteiger partial charge in [0.1, 0.15) is 11.9 Å². The SMILES string of the molecule is CCCCN(C(=O)COC(=O)[C@@H](NC(=O)c1ccco1)C(C)C)c1c(N)n(CCC)c(=O)[nH]c1=O. The fraction of sp³-hybridized carbons (Fsp3) is 0.522. The topological polar surface area (TPSA) is 170 Å². The lowest BCUT2D eigenvalue weighted by atomic mass is 10.0. The number of carbonyl (C=O) groups is 3. The summed E-state index contributed by atoms with van der Waals surface area (Å²) in [6, 6.07) is 1.95. The van der Waals surface area contributed by atoms with E-state index in [0.29, 0.717) is 19.3 Å². The number of aromatic amines is 1. The largest absolute Gasteiger partial charge is 0.459 e. The number of anilines is 2. The summed E-state index contributed by atoms with van der Waals surface area (Å²) in [7, 11) is 0. The zero-order chi connectivity index (χ0) is 26.1. The summed E-state index contributed by atoms with van der Waals surface area (Å²) in [5, 5.41) is 2.54. The van der Waals surface area contributed by atoms with Crippen LogP contribution in [0.15, 0.2) is 32.4 Å². The zero-order valence-corrected chi connectivity index (χ0v) is 20.5. The highest BCUT2D eigenvalue weighted by atomic mass is 16.5. The Balaban J connectivity index is 2.23. The van der Waals surface area contributed by atoms with E-state index in [4.69, 9.17) is 14.9 Å². The summed E-state index contributed by atoms with van der Waals surface area (Å²) in [5.74, 6) is -2.56. The Bertz CT molecular complexity index is 1130. The molecule has 4 N–H and O–H groups in total. The lowest BCUT2D eigenvalue weighted by Gasteiger charge is -2.25. The second kappa shape index (κ2) is 12.6. The van der Waals surface area contributed by atoms with Crippen molar-refractivity contribution in [2.75, 3.05) is 23.8 Å². The fourth-order valence-corrected chi connectivity index (χ4v) is 3.38. The molecule has 0 fully saturated rings. The first kappa shape index (κ1) is 27.4. The Hall–Kier alpha value is -3.83. The predicted molar refractivity (Wildman–Crippen MR) is 129 cm³/mol. The van der Waals surface area contributed by atoms with Crippen LogP contribution in [0.1, 0.15) is 57.5 Å². The maximum absolute atomic E-state index is 13.1. The number of carbonyl (C=O) groups excluding carboxylic acids is 3. The molecule has 0 radical (unpaired) electrons. The van der Waals surface area contributed by atoms with Gasteiger partial charge in [-0.25, -0.2) is 9.59 Å². The van der Waals surface area contributed by atoms with Gasteiger partial charge in [-0.2, -0.15) is 0 Å². The molecule has 35 heavy (non-hydrogen) atoms. The number of furan rings is 1. The first-order chi connectivity index (χ1) is 16.6. The molecule has 0 aliphatic carbocycles. The van der Waals surface area contributed by atoms with Gasteiger partial charge >= 0.3 is 11.7 Å². The summed E-state index contributed by atoms with van der Waals surface area (Å²) in [6.07, 6.45) is 3.16. The summed E-state index contributed by atoms with van der Waals surface area (Å²) < 4.78 is 11.4. The molecule has 0 unspecified atom stereocenters. The maximum atomic E-state index is 13.1. The van der Waals surface area contributed by atoms with E-state index in [1.807, 2.05) is 13.8 Å². The molecule has 0 aliphatic rings. The summed E-state index contributed by atoms with van der Waals surface area (Å²) in [5.41, 5.74) is 4.47. The molecule has 0 spiro atoms. The molecular formula is C23H33N5O7. The second-order valence-electron chi connectivity index (χ2n) is 8.32. The summed E-state index contributed by atoms with van der Waals surface area (Å²) in [6.45, 7) is 6.86. The monoisotopic (exact) mass is 491 g/mol. The van der Waals surface area contributed by atoms with E-state index in [-0.39, 0.29) is 36.3 Å². The number of nitrogens with zero attached hydrogens (tertiary/aromatic N) is 2. The van der Waals surface area contributed by atoms with Crippen LogP contribution in [0.3, 0.4) is 0 Å². The smallest absolute Gasteiger partial charge is 0.330 e. The van der Waals surface area contributed by atoms with E-state index in [2.05, 4.69) is 10.3 Å². The molecule has 12 nitrogen and oxygen atoms in total. The van der Waals surface area contributed by atoms with Crippen LogP contribution in [-0.4, -0.2) is 46.5 Å². The van der Waals surface area contributed by atoms with Gasteiger partial charge in [-0.15, -0.1) is 0 Å². The van der Waals surface area contributed by atoms with Crippen LogP contribution < -0.4 is 27.2 Å². The summed E-state index contributed by atoms with van der Waals surface area (Å²) >= 11 is 0. The number of nitrogens with two attached hydrogens (primary N) is 1. The molecule has 0 aliphatic heterocycles. The third-order valence-electron chi connectivity index (χ3n) is 5.26. The average Bonchev–Trinajstić information content (AvgIpc) is 3.35. The molecule has 2 rings (SSSR count). The number of amides is 2. The van der Waals surface area contributed by atoms with Crippen molar-refractivity contribution in [1.29, 1.82) is 0 Å². The van der Waals surface area contributed by atoms with Gasteiger partial charge in [0.25, 0.3) is 17.4 Å². The Morgan fingerprint density at radius 2 is 1.94 bits per heavy atom. The van der Waals surface area contributed by atoms with Crippen molar-refractivity contribution >= 4 is 29.3 Å². The third kappa shape index (κ3) is 6.84. The molecule has 1 atom stereocenters. The quantitative estimate of drug-likeness (QED) is 0.373. The van der Waals surface area contributed by atoms with Crippen LogP contribution in [0.25, 0.3) is 0 Å². The molecule has 0 aromatic carbocycles. The van der Waals surface area contributed by atoms with Crippen LogP contribution in [0.4, 0.5) is 11.5 Å². The van der Waals surface area contributed by atoms with Crippen LogP contribution in [-0.2, 0) is 20.9 Å². The number of H-pyrrole nitrogens is 1. The van der Waals surface area contributed by atoms with Crippen molar-refractivity contribution in [3.05, 3.63) is 45.0 Å². The first-order valence-electron chi connectivity index (χ1n) is 11.6. The molecule has 2 aromatic heterocycles. The van der Waals surface area contributed by atoms with Gasteiger partial charge in [0.15, 0.2) is 18.1 Å². The van der Waals surface area contributed by atoms with Gasteiger partial charge in [-0.1, -0.05) is 34.1 Å². The normalized spacial score (nSPS) is 11.8. The highest BCUT2D eigenvalue weighted by molar-refractivity contribution is 5.98. The molecule has 192 valence electrons. The number of esters is 1. The molecule has 0 saturated carbocycles. The molecular weight excluding hydrogens is 458 g/mol. The number of nitrogens with one attached hydrogen (secondary N) is 2. The van der Waals surface area contributed by atoms with Crippen molar-refractivity contribution in [2.24, 2.45) is 5.92 Å². The Morgan fingerprint density at radius 1 is 1.23 bits per heavy atom. The molecule has 0 saturated heterocycles. The van der Waals surface area contributed by atoms with Gasteiger partial charge in [0, 0.05) is 13.1 Å². The van der Waals surface area contributed by atoms with Crippen LogP contribution in [0.2, 0.25) is 0 Å². The molecule has 12 heteroatoms. The fourth-order valence-electron chi connectivity index (χ4n) is 3.38. The Labute approximate surface area is 202 Å². The lowest BCUT2D eigenvalue weighted by Crippen LogP contribution is -2.47. The van der Waals surface area contributed by atoms with Crippen LogP contribution in [0.5, 0.6) is 0 Å². The van der Waals surface area contributed by atoms with Gasteiger partial charge in [0.2, 0.25) is 0 Å². The Kier molecular flexibility index (Phi) is 9.86. The number of ether oxygens (including phenoxy) is 1. The zero-order valence-electron chi connectivity index (χ0n) is 20.5. The molecule has 2 heterocycles. The van der Waals surface area contributed by atoms with E-state index in [1.165, 1.54) is 23.0 Å².